The van der Waals surface area contributed by atoms with E-state index in [1.807, 2.05) is 4.90 Å². The van der Waals surface area contributed by atoms with Crippen LogP contribution in [0.3, 0.4) is 0 Å². The zero-order valence-corrected chi connectivity index (χ0v) is 14.4. The maximum Gasteiger partial charge on any atom is 0.254 e. The van der Waals surface area contributed by atoms with Crippen LogP contribution in [-0.2, 0) is 4.79 Å². The van der Waals surface area contributed by atoms with Gasteiger partial charge in [0.25, 0.3) is 5.91 Å². The third-order valence-electron chi connectivity index (χ3n) is 4.09. The van der Waals surface area contributed by atoms with Crippen molar-refractivity contribution in [2.75, 3.05) is 39.3 Å². The first-order valence-electron chi connectivity index (χ1n) is 8.50. The molecule has 0 unspecified atom stereocenters. The lowest BCUT2D eigenvalue weighted by molar-refractivity contribution is -0.132. The topological polar surface area (TPSA) is 52.6 Å². The van der Waals surface area contributed by atoms with Crippen molar-refractivity contribution in [1.29, 1.82) is 0 Å². The summed E-state index contributed by atoms with van der Waals surface area (Å²) in [6, 6.07) is 5.82. The van der Waals surface area contributed by atoms with Crippen LogP contribution < -0.4 is 5.32 Å². The van der Waals surface area contributed by atoms with Crippen LogP contribution in [0.5, 0.6) is 0 Å². The maximum atomic E-state index is 13.5. The number of carbonyl (C=O) groups is 2. The number of piperazine rings is 1. The molecule has 1 aliphatic rings. The highest BCUT2D eigenvalue weighted by molar-refractivity contribution is 5.94. The third-order valence-corrected chi connectivity index (χ3v) is 4.09. The van der Waals surface area contributed by atoms with Crippen molar-refractivity contribution in [3.05, 3.63) is 35.6 Å². The summed E-state index contributed by atoms with van der Waals surface area (Å²) in [5, 5.41) is 2.61. The standard InChI is InChI=1S/C18H26FN3O2/c1-14(2)13-21-9-11-22(12-10-21)17(23)7-8-20-18(24)15-5-3-4-6-16(15)19/h3-6,14H,7-13H2,1-2H3,(H,20,24). The van der Waals surface area contributed by atoms with Gasteiger partial charge in [-0.05, 0) is 18.1 Å². The van der Waals surface area contributed by atoms with Gasteiger partial charge in [-0.25, -0.2) is 4.39 Å². The minimum absolute atomic E-state index is 0.00671. The number of carbonyl (C=O) groups excluding carboxylic acids is 2. The number of nitrogens with one attached hydrogen (secondary N) is 1. The molecular formula is C18H26FN3O2. The summed E-state index contributed by atoms with van der Waals surface area (Å²) < 4.78 is 13.5. The third kappa shape index (κ3) is 5.30. The van der Waals surface area contributed by atoms with Crippen LogP contribution in [0.15, 0.2) is 24.3 Å². The Morgan fingerprint density at radius 2 is 1.83 bits per heavy atom. The number of hydrogen-bond donors (Lipinski definition) is 1. The molecule has 132 valence electrons. The summed E-state index contributed by atoms with van der Waals surface area (Å²) in [6.07, 6.45) is 0.240. The summed E-state index contributed by atoms with van der Waals surface area (Å²) in [4.78, 5) is 28.3. The number of rotatable bonds is 6. The first-order valence-corrected chi connectivity index (χ1v) is 8.50. The molecule has 0 aliphatic carbocycles. The van der Waals surface area contributed by atoms with Gasteiger partial charge in [0, 0.05) is 45.7 Å². The van der Waals surface area contributed by atoms with E-state index in [4.69, 9.17) is 0 Å². The maximum absolute atomic E-state index is 13.5. The van der Waals surface area contributed by atoms with E-state index in [1.165, 1.54) is 18.2 Å². The predicted octanol–water partition coefficient (Wildman–Crippen LogP) is 1.75. The lowest BCUT2D eigenvalue weighted by Crippen LogP contribution is -2.49. The van der Waals surface area contributed by atoms with Gasteiger partial charge in [0.05, 0.1) is 5.56 Å². The Balaban J connectivity index is 1.70. The molecule has 0 saturated carbocycles. The lowest BCUT2D eigenvalue weighted by Gasteiger charge is -2.35. The van der Waals surface area contributed by atoms with E-state index in [0.717, 1.165) is 32.7 Å². The highest BCUT2D eigenvalue weighted by Gasteiger charge is 2.21. The molecule has 2 amide bonds. The molecule has 1 saturated heterocycles. The van der Waals surface area contributed by atoms with Crippen molar-refractivity contribution in [3.63, 3.8) is 0 Å². The summed E-state index contributed by atoms with van der Waals surface area (Å²) in [5.74, 6) is -0.376. The van der Waals surface area contributed by atoms with Crippen molar-refractivity contribution in [1.82, 2.24) is 15.1 Å². The van der Waals surface area contributed by atoms with Crippen LogP contribution >= 0.6 is 0 Å². The van der Waals surface area contributed by atoms with Crippen LogP contribution in [0.2, 0.25) is 0 Å². The fourth-order valence-electron chi connectivity index (χ4n) is 2.88. The monoisotopic (exact) mass is 335 g/mol. The average Bonchev–Trinajstić information content (AvgIpc) is 2.55. The van der Waals surface area contributed by atoms with Crippen LogP contribution in [0, 0.1) is 11.7 Å². The second kappa shape index (κ2) is 8.78. The first kappa shape index (κ1) is 18.4. The van der Waals surface area contributed by atoms with Crippen molar-refractivity contribution < 1.29 is 14.0 Å². The first-order chi connectivity index (χ1) is 11.5. The molecular weight excluding hydrogens is 309 g/mol. The summed E-state index contributed by atoms with van der Waals surface area (Å²) in [7, 11) is 0. The molecule has 2 rings (SSSR count). The quantitative estimate of drug-likeness (QED) is 0.862. The molecule has 0 aromatic heterocycles. The van der Waals surface area contributed by atoms with Gasteiger partial charge in [-0.3, -0.25) is 14.5 Å². The SMILES string of the molecule is CC(C)CN1CCN(C(=O)CCNC(=O)c2ccccc2F)CC1. The summed E-state index contributed by atoms with van der Waals surface area (Å²) in [5.41, 5.74) is 0.00671. The van der Waals surface area contributed by atoms with Gasteiger partial charge in [0.15, 0.2) is 0 Å². The highest BCUT2D eigenvalue weighted by atomic mass is 19.1. The fourth-order valence-corrected chi connectivity index (χ4v) is 2.88. The van der Waals surface area contributed by atoms with E-state index in [0.29, 0.717) is 5.92 Å². The minimum Gasteiger partial charge on any atom is -0.351 e. The zero-order chi connectivity index (χ0) is 17.5. The Bertz CT molecular complexity index is 569. The van der Waals surface area contributed by atoms with E-state index in [-0.39, 0.29) is 24.4 Å². The predicted molar refractivity (Wildman–Crippen MR) is 91.2 cm³/mol. The largest absolute Gasteiger partial charge is 0.351 e. The van der Waals surface area contributed by atoms with E-state index in [9.17, 15) is 14.0 Å². The van der Waals surface area contributed by atoms with Crippen LogP contribution in [0.25, 0.3) is 0 Å². The van der Waals surface area contributed by atoms with Gasteiger partial charge < -0.3 is 10.2 Å². The number of hydrogen-bond acceptors (Lipinski definition) is 3. The molecule has 1 aromatic rings. The van der Waals surface area contributed by atoms with Crippen molar-refractivity contribution in [2.45, 2.75) is 20.3 Å². The Labute approximate surface area is 142 Å². The van der Waals surface area contributed by atoms with Crippen molar-refractivity contribution in [2.24, 2.45) is 5.92 Å². The van der Waals surface area contributed by atoms with Gasteiger partial charge in [-0.15, -0.1) is 0 Å². The number of nitrogens with zero attached hydrogens (tertiary/aromatic N) is 2. The van der Waals surface area contributed by atoms with E-state index in [2.05, 4.69) is 24.1 Å². The Hall–Kier alpha value is -1.95. The Morgan fingerprint density at radius 1 is 1.17 bits per heavy atom. The van der Waals surface area contributed by atoms with E-state index >= 15 is 0 Å². The molecule has 0 radical (unpaired) electrons. The van der Waals surface area contributed by atoms with Gasteiger partial charge >= 0.3 is 0 Å². The molecule has 0 spiro atoms. The number of halogens is 1. The second-order valence-electron chi connectivity index (χ2n) is 6.56. The van der Waals surface area contributed by atoms with Gasteiger partial charge in [-0.2, -0.15) is 0 Å². The molecule has 0 atom stereocenters. The minimum atomic E-state index is -0.553. The molecule has 24 heavy (non-hydrogen) atoms. The smallest absolute Gasteiger partial charge is 0.254 e. The molecule has 0 bridgehead atoms. The van der Waals surface area contributed by atoms with Crippen LogP contribution in [0.4, 0.5) is 4.39 Å². The van der Waals surface area contributed by atoms with Gasteiger partial charge in [0.2, 0.25) is 5.91 Å². The lowest BCUT2D eigenvalue weighted by atomic mass is 10.2. The number of benzene rings is 1. The van der Waals surface area contributed by atoms with E-state index < -0.39 is 11.7 Å². The highest BCUT2D eigenvalue weighted by Crippen LogP contribution is 2.08. The van der Waals surface area contributed by atoms with Crippen molar-refractivity contribution >= 4 is 11.8 Å². The molecule has 6 heteroatoms. The summed E-state index contributed by atoms with van der Waals surface area (Å²) in [6.45, 7) is 8.90. The molecule has 1 aromatic carbocycles. The number of amides is 2. The van der Waals surface area contributed by atoms with Gasteiger partial charge in [0.1, 0.15) is 5.82 Å². The molecule has 1 heterocycles. The Morgan fingerprint density at radius 3 is 2.46 bits per heavy atom. The molecule has 1 N–H and O–H groups in total. The molecule has 1 fully saturated rings. The Kier molecular flexibility index (Phi) is 6.73. The van der Waals surface area contributed by atoms with Crippen LogP contribution in [0.1, 0.15) is 30.6 Å². The van der Waals surface area contributed by atoms with E-state index in [1.54, 1.807) is 6.07 Å². The fraction of sp³-hybridized carbons (Fsp3) is 0.556. The molecule has 5 nitrogen and oxygen atoms in total. The summed E-state index contributed by atoms with van der Waals surface area (Å²) >= 11 is 0. The van der Waals surface area contributed by atoms with Crippen molar-refractivity contribution in [3.8, 4) is 0 Å². The van der Waals surface area contributed by atoms with Gasteiger partial charge in [-0.1, -0.05) is 26.0 Å². The molecule has 1 aliphatic heterocycles. The zero-order valence-electron chi connectivity index (χ0n) is 14.4. The normalized spacial score (nSPS) is 15.6. The van der Waals surface area contributed by atoms with Crippen LogP contribution in [-0.4, -0.2) is 60.9 Å². The second-order valence-corrected chi connectivity index (χ2v) is 6.56. The average molecular weight is 335 g/mol.